The summed E-state index contributed by atoms with van der Waals surface area (Å²) in [5.74, 6) is 1.52. The number of H-pyrrole nitrogens is 1. The molecule has 1 aliphatic rings. The van der Waals surface area contributed by atoms with Gasteiger partial charge in [-0.1, -0.05) is 48.5 Å². The molecule has 4 rings (SSSR count). The number of aryl methyl sites for hydroxylation is 2. The molecule has 124 valence electrons. The predicted molar refractivity (Wildman–Crippen MR) is 102 cm³/mol. The first kappa shape index (κ1) is 15.9. The molecule has 0 radical (unpaired) electrons. The van der Waals surface area contributed by atoms with Gasteiger partial charge in [0, 0.05) is 10.6 Å². The summed E-state index contributed by atoms with van der Waals surface area (Å²) in [4.78, 5) is 22.5. The van der Waals surface area contributed by atoms with Crippen LogP contribution in [-0.2, 0) is 18.6 Å². The van der Waals surface area contributed by atoms with Crippen molar-refractivity contribution in [2.24, 2.45) is 5.92 Å². The number of nitrogens with one attached hydrogen (secondary N) is 1. The third kappa shape index (κ3) is 3.03. The minimum Gasteiger partial charge on any atom is -0.301 e. The number of nitrogens with zero attached hydrogens (tertiary/aromatic N) is 1. The fourth-order valence-corrected chi connectivity index (χ4v) is 5.49. The Balaban J connectivity index is 1.63. The standard InChI is InChI=1S/C19H20N2OS2/c1-11-3-6-13(7-4-11)10-23-19-20-17(22)16-14-8-5-12(2)9-15(14)24-18(16)21-19/h3-4,6-7,12H,5,8-10H2,1-2H3,(H,20,21,22). The van der Waals surface area contributed by atoms with Gasteiger partial charge in [0.25, 0.3) is 5.56 Å². The Bertz CT molecular complexity index is 940. The summed E-state index contributed by atoms with van der Waals surface area (Å²) in [6, 6.07) is 8.49. The Morgan fingerprint density at radius 1 is 1.33 bits per heavy atom. The number of fused-ring (bicyclic) bond motifs is 3. The zero-order valence-corrected chi connectivity index (χ0v) is 15.5. The number of hydrogen-bond donors (Lipinski definition) is 1. The normalized spacial score (nSPS) is 17.2. The average molecular weight is 357 g/mol. The fourth-order valence-electron chi connectivity index (χ4n) is 3.23. The number of rotatable bonds is 3. The van der Waals surface area contributed by atoms with Gasteiger partial charge in [0.05, 0.1) is 5.39 Å². The first-order valence-electron chi connectivity index (χ1n) is 8.33. The van der Waals surface area contributed by atoms with E-state index in [1.807, 2.05) is 0 Å². The van der Waals surface area contributed by atoms with Gasteiger partial charge < -0.3 is 4.98 Å². The summed E-state index contributed by atoms with van der Waals surface area (Å²) in [5.41, 5.74) is 3.78. The van der Waals surface area contributed by atoms with E-state index < -0.39 is 0 Å². The number of benzene rings is 1. The van der Waals surface area contributed by atoms with Crippen LogP contribution in [0.1, 0.15) is 34.9 Å². The van der Waals surface area contributed by atoms with Gasteiger partial charge in [-0.25, -0.2) is 4.98 Å². The molecule has 0 bridgehead atoms. The molecule has 5 heteroatoms. The Labute approximate surface area is 149 Å². The van der Waals surface area contributed by atoms with Crippen LogP contribution in [0.3, 0.4) is 0 Å². The Hall–Kier alpha value is -1.59. The summed E-state index contributed by atoms with van der Waals surface area (Å²) in [5, 5.41) is 1.56. The lowest BCUT2D eigenvalue weighted by Crippen LogP contribution is -2.13. The van der Waals surface area contributed by atoms with Crippen molar-refractivity contribution in [1.82, 2.24) is 9.97 Å². The second-order valence-corrected chi connectivity index (χ2v) is 8.72. The summed E-state index contributed by atoms with van der Waals surface area (Å²) in [7, 11) is 0. The van der Waals surface area contributed by atoms with E-state index in [4.69, 9.17) is 4.98 Å². The Kier molecular flexibility index (Phi) is 4.22. The molecule has 1 unspecified atom stereocenters. The lowest BCUT2D eigenvalue weighted by molar-refractivity contribution is 0.509. The highest BCUT2D eigenvalue weighted by atomic mass is 32.2. The van der Waals surface area contributed by atoms with Gasteiger partial charge in [-0.05, 0) is 43.2 Å². The van der Waals surface area contributed by atoms with Crippen LogP contribution in [-0.4, -0.2) is 9.97 Å². The molecule has 1 N–H and O–H groups in total. The van der Waals surface area contributed by atoms with Gasteiger partial charge in [0.2, 0.25) is 0 Å². The monoisotopic (exact) mass is 356 g/mol. The van der Waals surface area contributed by atoms with Crippen molar-refractivity contribution in [3.8, 4) is 0 Å². The highest BCUT2D eigenvalue weighted by Crippen LogP contribution is 2.36. The van der Waals surface area contributed by atoms with Crippen LogP contribution in [0.4, 0.5) is 0 Å². The highest BCUT2D eigenvalue weighted by Gasteiger charge is 2.23. The van der Waals surface area contributed by atoms with Crippen LogP contribution in [0.15, 0.2) is 34.2 Å². The molecule has 0 amide bonds. The maximum atomic E-state index is 12.6. The molecule has 3 aromatic rings. The van der Waals surface area contributed by atoms with Crippen molar-refractivity contribution < 1.29 is 0 Å². The lowest BCUT2D eigenvalue weighted by Gasteiger charge is -2.17. The number of aromatic nitrogens is 2. The van der Waals surface area contributed by atoms with E-state index in [1.165, 1.54) is 28.0 Å². The first-order chi connectivity index (χ1) is 11.6. The van der Waals surface area contributed by atoms with E-state index in [0.717, 1.165) is 34.0 Å². The summed E-state index contributed by atoms with van der Waals surface area (Å²) in [6.07, 6.45) is 3.26. The maximum absolute atomic E-state index is 12.6. The third-order valence-corrected chi connectivity index (χ3v) is 6.73. The number of thiophene rings is 1. The molecule has 2 heterocycles. The van der Waals surface area contributed by atoms with Gasteiger partial charge in [-0.3, -0.25) is 4.79 Å². The quantitative estimate of drug-likeness (QED) is 0.546. The zero-order valence-electron chi connectivity index (χ0n) is 13.9. The zero-order chi connectivity index (χ0) is 16.7. The van der Waals surface area contributed by atoms with E-state index in [9.17, 15) is 4.79 Å². The van der Waals surface area contributed by atoms with E-state index in [1.54, 1.807) is 23.1 Å². The van der Waals surface area contributed by atoms with Gasteiger partial charge >= 0.3 is 0 Å². The smallest absolute Gasteiger partial charge is 0.260 e. The SMILES string of the molecule is Cc1ccc(CSc2nc3sc4c(c3c(=O)[nH]2)CCC(C)C4)cc1. The molecule has 2 aromatic heterocycles. The summed E-state index contributed by atoms with van der Waals surface area (Å²) < 4.78 is 0. The van der Waals surface area contributed by atoms with Crippen molar-refractivity contribution in [2.45, 2.75) is 44.0 Å². The molecule has 1 aromatic carbocycles. The van der Waals surface area contributed by atoms with Crippen LogP contribution in [0, 0.1) is 12.8 Å². The predicted octanol–water partition coefficient (Wildman–Crippen LogP) is 4.71. The number of aromatic amines is 1. The van der Waals surface area contributed by atoms with Crippen molar-refractivity contribution in [3.05, 3.63) is 56.2 Å². The second-order valence-electron chi connectivity index (χ2n) is 6.68. The molecule has 0 spiro atoms. The molecule has 1 aliphatic carbocycles. The third-order valence-electron chi connectivity index (χ3n) is 4.64. The maximum Gasteiger partial charge on any atom is 0.260 e. The molecule has 1 atom stereocenters. The summed E-state index contributed by atoms with van der Waals surface area (Å²) in [6.45, 7) is 4.37. The minimum atomic E-state index is 0.0264. The van der Waals surface area contributed by atoms with Crippen LogP contribution in [0.25, 0.3) is 10.2 Å². The van der Waals surface area contributed by atoms with Crippen LogP contribution >= 0.6 is 23.1 Å². The van der Waals surface area contributed by atoms with Gasteiger partial charge in [-0.2, -0.15) is 0 Å². The van der Waals surface area contributed by atoms with E-state index in [-0.39, 0.29) is 5.56 Å². The van der Waals surface area contributed by atoms with Crippen LogP contribution in [0.5, 0.6) is 0 Å². The minimum absolute atomic E-state index is 0.0264. The number of hydrogen-bond acceptors (Lipinski definition) is 4. The van der Waals surface area contributed by atoms with Crippen LogP contribution in [0.2, 0.25) is 0 Å². The highest BCUT2D eigenvalue weighted by molar-refractivity contribution is 7.98. The van der Waals surface area contributed by atoms with Gasteiger partial charge in [0.15, 0.2) is 5.16 Å². The largest absolute Gasteiger partial charge is 0.301 e. The van der Waals surface area contributed by atoms with Gasteiger partial charge in [-0.15, -0.1) is 11.3 Å². The number of thioether (sulfide) groups is 1. The van der Waals surface area contributed by atoms with E-state index >= 15 is 0 Å². The lowest BCUT2D eigenvalue weighted by atomic mass is 9.89. The molecule has 0 saturated carbocycles. The van der Waals surface area contributed by atoms with Gasteiger partial charge in [0.1, 0.15) is 4.83 Å². The van der Waals surface area contributed by atoms with E-state index in [0.29, 0.717) is 5.92 Å². The van der Waals surface area contributed by atoms with Crippen molar-refractivity contribution in [3.63, 3.8) is 0 Å². The molecule has 0 saturated heterocycles. The van der Waals surface area contributed by atoms with E-state index in [2.05, 4.69) is 43.1 Å². The molecular formula is C19H20N2OS2. The van der Waals surface area contributed by atoms with Crippen molar-refractivity contribution in [2.75, 3.05) is 0 Å². The van der Waals surface area contributed by atoms with Crippen LogP contribution < -0.4 is 5.56 Å². The second kappa shape index (κ2) is 6.37. The fraction of sp³-hybridized carbons (Fsp3) is 0.368. The average Bonchev–Trinajstić information content (AvgIpc) is 2.92. The molecule has 24 heavy (non-hydrogen) atoms. The summed E-state index contributed by atoms with van der Waals surface area (Å²) >= 11 is 3.31. The Morgan fingerprint density at radius 3 is 2.92 bits per heavy atom. The topological polar surface area (TPSA) is 45.8 Å². The molecule has 0 fully saturated rings. The molecule has 0 aliphatic heterocycles. The molecule has 3 nitrogen and oxygen atoms in total. The van der Waals surface area contributed by atoms with Crippen molar-refractivity contribution >= 4 is 33.3 Å². The first-order valence-corrected chi connectivity index (χ1v) is 10.1. The Morgan fingerprint density at radius 2 is 2.12 bits per heavy atom. The van der Waals surface area contributed by atoms with Crippen molar-refractivity contribution in [1.29, 1.82) is 0 Å². The molecular weight excluding hydrogens is 336 g/mol.